The number of halogens is 1. The Morgan fingerprint density at radius 2 is 2.08 bits per heavy atom. The van der Waals surface area contributed by atoms with Gasteiger partial charge >= 0.3 is 0 Å². The molecule has 0 saturated heterocycles. The molecule has 0 bridgehead atoms. The zero-order chi connectivity index (χ0) is 17.3. The summed E-state index contributed by atoms with van der Waals surface area (Å²) in [6.07, 6.45) is 3.34. The fraction of sp³-hybridized carbons (Fsp3) is 0.235. The van der Waals surface area contributed by atoms with E-state index >= 15 is 0 Å². The maximum absolute atomic E-state index is 14.3. The number of amides is 1. The van der Waals surface area contributed by atoms with Crippen molar-refractivity contribution < 1.29 is 13.7 Å². The summed E-state index contributed by atoms with van der Waals surface area (Å²) < 4.78 is 21.1. The average Bonchev–Trinajstić information content (AvgIpc) is 3.11. The molecule has 7 heteroatoms. The first-order chi connectivity index (χ1) is 11.5. The lowest BCUT2D eigenvalue weighted by Crippen LogP contribution is -2.32. The van der Waals surface area contributed by atoms with Crippen molar-refractivity contribution in [1.29, 1.82) is 0 Å². The van der Waals surface area contributed by atoms with Crippen LogP contribution in [0, 0.1) is 19.7 Å². The van der Waals surface area contributed by atoms with E-state index < -0.39 is 11.9 Å². The zero-order valence-corrected chi connectivity index (χ0v) is 13.6. The summed E-state index contributed by atoms with van der Waals surface area (Å²) in [6, 6.07) is 5.57. The van der Waals surface area contributed by atoms with Gasteiger partial charge in [-0.25, -0.2) is 9.37 Å². The van der Waals surface area contributed by atoms with Crippen LogP contribution in [0.3, 0.4) is 0 Å². The largest absolute Gasteiger partial charge is 0.361 e. The second-order valence-electron chi connectivity index (χ2n) is 5.52. The first kappa shape index (κ1) is 15.9. The van der Waals surface area contributed by atoms with E-state index in [1.54, 1.807) is 56.1 Å². The quantitative estimate of drug-likeness (QED) is 0.799. The van der Waals surface area contributed by atoms with Crippen molar-refractivity contribution >= 4 is 5.91 Å². The molecular weight excluding hydrogens is 311 g/mol. The Bertz CT molecular complexity index is 865. The Labute approximate surface area is 138 Å². The highest BCUT2D eigenvalue weighted by Crippen LogP contribution is 2.24. The van der Waals surface area contributed by atoms with Gasteiger partial charge in [-0.1, -0.05) is 23.4 Å². The average molecular weight is 328 g/mol. The van der Waals surface area contributed by atoms with Gasteiger partial charge < -0.3 is 14.4 Å². The van der Waals surface area contributed by atoms with Crippen molar-refractivity contribution in [2.24, 2.45) is 7.05 Å². The van der Waals surface area contributed by atoms with Gasteiger partial charge in [0, 0.05) is 25.0 Å². The molecule has 3 aromatic rings. The molecule has 0 saturated carbocycles. The SMILES string of the molecule is Cc1noc(C)c1C(=O)N[C@@H](c1ccccc1F)c1nccn1C. The fourth-order valence-electron chi connectivity index (χ4n) is 2.66. The van der Waals surface area contributed by atoms with E-state index in [1.165, 1.54) is 6.07 Å². The van der Waals surface area contributed by atoms with Crippen LogP contribution in [-0.2, 0) is 7.05 Å². The lowest BCUT2D eigenvalue weighted by atomic mass is 10.0. The second kappa shape index (κ2) is 6.27. The van der Waals surface area contributed by atoms with Crippen molar-refractivity contribution in [2.75, 3.05) is 0 Å². The molecule has 3 rings (SSSR count). The van der Waals surface area contributed by atoms with Gasteiger partial charge in [0.2, 0.25) is 0 Å². The van der Waals surface area contributed by atoms with E-state index in [1.807, 2.05) is 0 Å². The molecule has 1 N–H and O–H groups in total. The minimum atomic E-state index is -0.729. The molecule has 0 spiro atoms. The van der Waals surface area contributed by atoms with Crippen LogP contribution < -0.4 is 5.32 Å². The van der Waals surface area contributed by atoms with Crippen LogP contribution in [0.15, 0.2) is 41.2 Å². The fourth-order valence-corrected chi connectivity index (χ4v) is 2.66. The molecule has 6 nitrogen and oxygen atoms in total. The number of aromatic nitrogens is 3. The maximum atomic E-state index is 14.3. The van der Waals surface area contributed by atoms with E-state index in [2.05, 4.69) is 15.5 Å². The highest BCUT2D eigenvalue weighted by atomic mass is 19.1. The predicted molar refractivity (Wildman–Crippen MR) is 84.9 cm³/mol. The summed E-state index contributed by atoms with van der Waals surface area (Å²) >= 11 is 0. The summed E-state index contributed by atoms with van der Waals surface area (Å²) in [5.74, 6) is 0.143. The molecule has 1 atom stereocenters. The van der Waals surface area contributed by atoms with E-state index in [9.17, 15) is 9.18 Å². The minimum Gasteiger partial charge on any atom is -0.361 e. The molecular formula is C17H17FN4O2. The molecule has 2 aromatic heterocycles. The van der Waals surface area contributed by atoms with Crippen LogP contribution >= 0.6 is 0 Å². The van der Waals surface area contributed by atoms with Gasteiger partial charge in [0.25, 0.3) is 5.91 Å². The first-order valence-electron chi connectivity index (χ1n) is 7.44. The summed E-state index contributed by atoms with van der Waals surface area (Å²) in [7, 11) is 1.79. The lowest BCUT2D eigenvalue weighted by molar-refractivity contribution is 0.0938. The first-order valence-corrected chi connectivity index (χ1v) is 7.44. The standard InChI is InChI=1S/C17H17FN4O2/c1-10-14(11(2)24-21-10)17(23)20-15(16-19-8-9-22(16)3)12-6-4-5-7-13(12)18/h4-9,15H,1-3H3,(H,20,23)/t15-/m0/s1. The molecule has 0 unspecified atom stereocenters. The number of carbonyl (C=O) groups is 1. The third-order valence-electron chi connectivity index (χ3n) is 3.87. The van der Waals surface area contributed by atoms with Crippen LogP contribution in [0.25, 0.3) is 0 Å². The Hall–Kier alpha value is -2.96. The number of aryl methyl sites for hydroxylation is 3. The normalized spacial score (nSPS) is 12.2. The molecule has 0 fully saturated rings. The number of nitrogens with zero attached hydrogens (tertiary/aromatic N) is 3. The number of hydrogen-bond acceptors (Lipinski definition) is 4. The molecule has 0 aliphatic carbocycles. The van der Waals surface area contributed by atoms with Crippen molar-refractivity contribution in [3.63, 3.8) is 0 Å². The monoisotopic (exact) mass is 328 g/mol. The third kappa shape index (κ3) is 2.80. The number of hydrogen-bond donors (Lipinski definition) is 1. The smallest absolute Gasteiger partial charge is 0.257 e. The Morgan fingerprint density at radius 1 is 1.33 bits per heavy atom. The van der Waals surface area contributed by atoms with Gasteiger partial charge in [0.15, 0.2) is 0 Å². The lowest BCUT2D eigenvalue weighted by Gasteiger charge is -2.19. The van der Waals surface area contributed by atoms with Crippen LogP contribution in [0.1, 0.15) is 39.2 Å². The van der Waals surface area contributed by atoms with Crippen molar-refractivity contribution in [2.45, 2.75) is 19.9 Å². The van der Waals surface area contributed by atoms with Gasteiger partial charge in [-0.3, -0.25) is 4.79 Å². The second-order valence-corrected chi connectivity index (χ2v) is 5.52. The Kier molecular flexibility index (Phi) is 4.16. The summed E-state index contributed by atoms with van der Waals surface area (Å²) in [4.78, 5) is 16.9. The van der Waals surface area contributed by atoms with Crippen LogP contribution in [0.4, 0.5) is 4.39 Å². The van der Waals surface area contributed by atoms with Crippen LogP contribution in [0.5, 0.6) is 0 Å². The molecule has 1 amide bonds. The Morgan fingerprint density at radius 3 is 2.67 bits per heavy atom. The van der Waals surface area contributed by atoms with Crippen LogP contribution in [-0.4, -0.2) is 20.6 Å². The number of nitrogens with one attached hydrogen (secondary N) is 1. The Balaban J connectivity index is 2.02. The molecule has 124 valence electrons. The summed E-state index contributed by atoms with van der Waals surface area (Å²) in [5, 5.41) is 6.62. The minimum absolute atomic E-state index is 0.340. The summed E-state index contributed by atoms with van der Waals surface area (Å²) in [5.41, 5.74) is 1.18. The van der Waals surface area contributed by atoms with Gasteiger partial charge in [-0.05, 0) is 19.9 Å². The van der Waals surface area contributed by atoms with E-state index in [0.717, 1.165) is 0 Å². The van der Waals surface area contributed by atoms with Gasteiger partial charge in [-0.15, -0.1) is 0 Å². The topological polar surface area (TPSA) is 73.0 Å². The summed E-state index contributed by atoms with van der Waals surface area (Å²) in [6.45, 7) is 3.35. The number of benzene rings is 1. The predicted octanol–water partition coefficient (Wildman–Crippen LogP) is 2.68. The van der Waals surface area contributed by atoms with Crippen molar-refractivity contribution in [3.8, 4) is 0 Å². The molecule has 0 aliphatic heterocycles. The van der Waals surface area contributed by atoms with Crippen LogP contribution in [0.2, 0.25) is 0 Å². The van der Waals surface area contributed by atoms with Gasteiger partial charge in [0.1, 0.15) is 29.0 Å². The third-order valence-corrected chi connectivity index (χ3v) is 3.87. The number of imidazole rings is 1. The zero-order valence-electron chi connectivity index (χ0n) is 13.6. The highest BCUT2D eigenvalue weighted by Gasteiger charge is 2.26. The van der Waals surface area contributed by atoms with Crippen molar-refractivity contribution in [3.05, 3.63) is 70.9 Å². The molecule has 0 aliphatic rings. The molecule has 24 heavy (non-hydrogen) atoms. The number of rotatable bonds is 4. The molecule has 2 heterocycles. The van der Waals surface area contributed by atoms with E-state index in [0.29, 0.717) is 28.4 Å². The van der Waals surface area contributed by atoms with Gasteiger partial charge in [0.05, 0.1) is 5.69 Å². The highest BCUT2D eigenvalue weighted by molar-refractivity contribution is 5.96. The van der Waals surface area contributed by atoms with E-state index in [4.69, 9.17) is 4.52 Å². The molecule has 1 aromatic carbocycles. The van der Waals surface area contributed by atoms with E-state index in [-0.39, 0.29) is 5.91 Å². The maximum Gasteiger partial charge on any atom is 0.257 e. The molecule has 0 radical (unpaired) electrons. The number of carbonyl (C=O) groups excluding carboxylic acids is 1. The van der Waals surface area contributed by atoms with Crippen molar-refractivity contribution in [1.82, 2.24) is 20.0 Å². The van der Waals surface area contributed by atoms with Gasteiger partial charge in [-0.2, -0.15) is 0 Å².